The van der Waals surface area contributed by atoms with Gasteiger partial charge < -0.3 is 33.9 Å². The van der Waals surface area contributed by atoms with Gasteiger partial charge in [-0.2, -0.15) is 0 Å². The Balaban J connectivity index is 0. The first-order valence-corrected chi connectivity index (χ1v) is 15.6. The number of esters is 4. The number of aliphatic hydroxyl groups excluding tert-OH is 2. The largest absolute Gasteiger partial charge is 0.465 e. The van der Waals surface area contributed by atoms with Crippen LogP contribution >= 0.6 is 0 Å². The molecule has 0 radical (unpaired) electrons. The lowest BCUT2D eigenvalue weighted by atomic mass is 9.96. The number of carbonyl (C=O) groups excluding carboxylic acids is 5. The van der Waals surface area contributed by atoms with E-state index in [1.54, 1.807) is 26.0 Å². The molecule has 0 spiro atoms. The Morgan fingerprint density at radius 1 is 0.933 bits per heavy atom. The van der Waals surface area contributed by atoms with E-state index in [1.807, 2.05) is 0 Å². The summed E-state index contributed by atoms with van der Waals surface area (Å²) in [6.45, 7) is 14.9. The summed E-state index contributed by atoms with van der Waals surface area (Å²) in [6.07, 6.45) is 10.1. The van der Waals surface area contributed by atoms with Gasteiger partial charge in [0.05, 0.1) is 19.1 Å². The summed E-state index contributed by atoms with van der Waals surface area (Å²) >= 11 is 0. The molecule has 0 saturated carbocycles. The van der Waals surface area contributed by atoms with Gasteiger partial charge in [0.25, 0.3) is 0 Å². The fourth-order valence-corrected chi connectivity index (χ4v) is 3.77. The Labute approximate surface area is 268 Å². The van der Waals surface area contributed by atoms with Crippen molar-refractivity contribution in [2.45, 2.75) is 110 Å². The summed E-state index contributed by atoms with van der Waals surface area (Å²) in [6, 6.07) is 0. The molecule has 2 fully saturated rings. The first kappa shape index (κ1) is 44.0. The maximum Gasteiger partial charge on any atom is 0.347 e. The molecule has 2 aliphatic rings. The number of unbranched alkanes of at least 4 members (excludes halogenated alkanes) is 3. The summed E-state index contributed by atoms with van der Waals surface area (Å²) in [5.74, 6) is -1.14. The number of Topliss-reactive ketones (excluding diaryl/α,β-unsaturated/α-hetero) is 1. The van der Waals surface area contributed by atoms with Crippen molar-refractivity contribution in [1.29, 1.82) is 0 Å². The Kier molecular flexibility index (Phi) is 27.8. The number of methoxy groups -OCH3 is 1. The van der Waals surface area contributed by atoms with E-state index in [2.05, 4.69) is 22.6 Å². The van der Waals surface area contributed by atoms with E-state index in [0.29, 0.717) is 26.1 Å². The van der Waals surface area contributed by atoms with Crippen LogP contribution in [0.2, 0.25) is 0 Å². The van der Waals surface area contributed by atoms with Crippen molar-refractivity contribution in [3.63, 3.8) is 0 Å². The third kappa shape index (κ3) is 23.0. The average molecular weight is 645 g/mol. The quantitative estimate of drug-likeness (QED) is 0.107. The average Bonchev–Trinajstić information content (AvgIpc) is 3.01. The standard InChI is InChI=1S/C13H22O4.C8H12O2.C6H8O4.C6H14O2/c1-5-7-12(10(2)14)8-6-9-17-13(15)11(3)16-4;1-2-4-7-5-3-6-10-8(7)9;1-3-5(7)10-4(2)6(8)9-3;7-5-3-1-2-4-6-8/h5,11-12H,1,6-9H2,2-4H3;2,7H,1,3-6H2;3-4H,1-2H3;7-8H,1-6H2/t11-,12?;;3-,4-;/m1.1./s1. The van der Waals surface area contributed by atoms with Gasteiger partial charge in [0.15, 0.2) is 18.3 Å². The van der Waals surface area contributed by atoms with Gasteiger partial charge in [0, 0.05) is 26.2 Å². The molecule has 0 aromatic carbocycles. The van der Waals surface area contributed by atoms with Crippen molar-refractivity contribution in [3.05, 3.63) is 25.3 Å². The maximum absolute atomic E-state index is 11.2. The van der Waals surface area contributed by atoms with Gasteiger partial charge in [0.1, 0.15) is 5.78 Å². The van der Waals surface area contributed by atoms with Crippen molar-refractivity contribution in [3.8, 4) is 0 Å². The molecule has 2 rings (SSSR count). The lowest BCUT2D eigenvalue weighted by Crippen LogP contribution is -2.40. The number of ketones is 1. The molecule has 260 valence electrons. The smallest absolute Gasteiger partial charge is 0.347 e. The topological polar surface area (TPSA) is 172 Å². The molecule has 0 bridgehead atoms. The molecule has 5 atom stereocenters. The molecular weight excluding hydrogens is 588 g/mol. The monoisotopic (exact) mass is 644 g/mol. The zero-order valence-corrected chi connectivity index (χ0v) is 27.8. The minimum Gasteiger partial charge on any atom is -0.465 e. The zero-order valence-electron chi connectivity index (χ0n) is 27.8. The van der Waals surface area contributed by atoms with Crippen molar-refractivity contribution in [1.82, 2.24) is 0 Å². The van der Waals surface area contributed by atoms with Crippen LogP contribution in [0.4, 0.5) is 0 Å². The zero-order chi connectivity index (χ0) is 34.6. The highest BCUT2D eigenvalue weighted by Crippen LogP contribution is 2.18. The number of aliphatic hydroxyl groups is 2. The highest BCUT2D eigenvalue weighted by molar-refractivity contribution is 5.86. The second-order valence-corrected chi connectivity index (χ2v) is 10.6. The van der Waals surface area contributed by atoms with E-state index in [1.165, 1.54) is 21.0 Å². The Morgan fingerprint density at radius 3 is 1.91 bits per heavy atom. The molecule has 2 aliphatic heterocycles. The molecule has 12 nitrogen and oxygen atoms in total. The van der Waals surface area contributed by atoms with Gasteiger partial charge in [0.2, 0.25) is 0 Å². The van der Waals surface area contributed by atoms with Crippen molar-refractivity contribution in [2.75, 3.05) is 33.5 Å². The summed E-state index contributed by atoms with van der Waals surface area (Å²) in [5.41, 5.74) is 0. The third-order valence-electron chi connectivity index (χ3n) is 6.69. The molecule has 2 saturated heterocycles. The molecule has 12 heteroatoms. The molecule has 0 aromatic rings. The minimum absolute atomic E-state index is 0.00829. The third-order valence-corrected chi connectivity index (χ3v) is 6.69. The van der Waals surface area contributed by atoms with Crippen LogP contribution < -0.4 is 0 Å². The van der Waals surface area contributed by atoms with Gasteiger partial charge in [-0.15, -0.1) is 13.2 Å². The maximum atomic E-state index is 11.2. The summed E-state index contributed by atoms with van der Waals surface area (Å²) in [4.78, 5) is 54.7. The lowest BCUT2D eigenvalue weighted by molar-refractivity contribution is -0.191. The van der Waals surface area contributed by atoms with Crippen LogP contribution in [0.15, 0.2) is 25.3 Å². The fraction of sp³-hybridized carbons (Fsp3) is 0.727. The predicted molar refractivity (Wildman–Crippen MR) is 168 cm³/mol. The molecule has 0 aliphatic carbocycles. The summed E-state index contributed by atoms with van der Waals surface area (Å²) < 4.78 is 23.9. The van der Waals surface area contributed by atoms with Gasteiger partial charge >= 0.3 is 23.9 Å². The Bertz CT molecular complexity index is 843. The highest BCUT2D eigenvalue weighted by atomic mass is 16.6. The molecule has 0 aromatic heterocycles. The van der Waals surface area contributed by atoms with Gasteiger partial charge in [-0.25, -0.2) is 14.4 Å². The number of cyclic esters (lactones) is 3. The van der Waals surface area contributed by atoms with Gasteiger partial charge in [-0.3, -0.25) is 9.59 Å². The van der Waals surface area contributed by atoms with Crippen LogP contribution in [0.3, 0.4) is 0 Å². The first-order chi connectivity index (χ1) is 21.4. The summed E-state index contributed by atoms with van der Waals surface area (Å²) in [5, 5.41) is 16.6. The first-order valence-electron chi connectivity index (χ1n) is 15.6. The predicted octanol–water partition coefficient (Wildman–Crippen LogP) is 4.04. The van der Waals surface area contributed by atoms with E-state index in [-0.39, 0.29) is 42.8 Å². The van der Waals surface area contributed by atoms with Crippen LogP contribution in [0, 0.1) is 11.8 Å². The number of hydrogen-bond acceptors (Lipinski definition) is 12. The number of rotatable bonds is 16. The Hall–Kier alpha value is -3.09. The molecule has 2 N–H and O–H groups in total. The molecule has 45 heavy (non-hydrogen) atoms. The molecule has 0 amide bonds. The van der Waals surface area contributed by atoms with Crippen LogP contribution in [0.1, 0.15) is 91.9 Å². The minimum atomic E-state index is -0.747. The van der Waals surface area contributed by atoms with Crippen LogP contribution in [-0.4, -0.2) is 91.7 Å². The van der Waals surface area contributed by atoms with Crippen molar-refractivity contribution >= 4 is 29.7 Å². The van der Waals surface area contributed by atoms with Crippen LogP contribution in [0.25, 0.3) is 0 Å². The van der Waals surface area contributed by atoms with Crippen molar-refractivity contribution in [2.24, 2.45) is 11.8 Å². The number of hydrogen-bond donors (Lipinski definition) is 2. The molecular formula is C33H56O12. The van der Waals surface area contributed by atoms with Crippen molar-refractivity contribution < 1.29 is 57.9 Å². The highest BCUT2D eigenvalue weighted by Gasteiger charge is 2.32. The summed E-state index contributed by atoms with van der Waals surface area (Å²) in [7, 11) is 1.46. The van der Waals surface area contributed by atoms with Gasteiger partial charge in [-0.1, -0.05) is 25.0 Å². The molecule has 2 unspecified atom stereocenters. The van der Waals surface area contributed by atoms with E-state index >= 15 is 0 Å². The van der Waals surface area contributed by atoms with Crippen LogP contribution in [-0.2, 0) is 47.7 Å². The normalized spacial score (nSPS) is 20.0. The van der Waals surface area contributed by atoms with Gasteiger partial charge in [-0.05, 0) is 79.1 Å². The second-order valence-electron chi connectivity index (χ2n) is 10.6. The lowest BCUT2D eigenvalue weighted by Gasteiger charge is -2.22. The van der Waals surface area contributed by atoms with E-state index in [4.69, 9.17) is 24.4 Å². The molecule has 2 heterocycles. The Morgan fingerprint density at radius 2 is 1.49 bits per heavy atom. The SMILES string of the molecule is C=CCC(CCCOC(=O)[C@@H](C)OC)C(C)=O.C=CCC1CCCOC1=O.C[C@H]1OC(=O)[C@@H](C)OC1=O.OCCCCCCO. The van der Waals surface area contributed by atoms with Crippen LogP contribution in [0.5, 0.6) is 0 Å². The second kappa shape index (κ2) is 28.4. The fourth-order valence-electron chi connectivity index (χ4n) is 3.77. The number of allylic oxidation sites excluding steroid dienone is 2. The number of carbonyl (C=O) groups is 5. The van der Waals surface area contributed by atoms with E-state index < -0.39 is 30.3 Å². The number of ether oxygens (including phenoxy) is 5. The van der Waals surface area contributed by atoms with E-state index in [0.717, 1.165) is 51.4 Å². The van der Waals surface area contributed by atoms with E-state index in [9.17, 15) is 24.0 Å².